The molecule has 0 unspecified atom stereocenters. The van der Waals surface area contributed by atoms with E-state index >= 15 is 0 Å². The first-order valence-electron chi connectivity index (χ1n) is 6.98. The summed E-state index contributed by atoms with van der Waals surface area (Å²) >= 11 is 0. The zero-order valence-corrected chi connectivity index (χ0v) is 11.7. The highest BCUT2D eigenvalue weighted by Gasteiger charge is 2.16. The summed E-state index contributed by atoms with van der Waals surface area (Å²) in [7, 11) is 0. The van der Waals surface area contributed by atoms with Gasteiger partial charge in [-0.25, -0.2) is 0 Å². The predicted molar refractivity (Wildman–Crippen MR) is 77.6 cm³/mol. The summed E-state index contributed by atoms with van der Waals surface area (Å²) in [6.07, 6.45) is 3.72. The molecule has 0 saturated heterocycles. The molecule has 0 spiro atoms. The summed E-state index contributed by atoms with van der Waals surface area (Å²) in [6, 6.07) is 7.68. The lowest BCUT2D eigenvalue weighted by atomic mass is 10.1. The van der Waals surface area contributed by atoms with Gasteiger partial charge < -0.3 is 4.42 Å². The van der Waals surface area contributed by atoms with Gasteiger partial charge in [0.05, 0.1) is 12.1 Å². The minimum Gasteiger partial charge on any atom is -0.464 e. The highest BCUT2D eigenvalue weighted by Crippen LogP contribution is 2.21. The van der Waals surface area contributed by atoms with Crippen molar-refractivity contribution in [2.45, 2.75) is 26.7 Å². The van der Waals surface area contributed by atoms with Gasteiger partial charge in [0.1, 0.15) is 11.8 Å². The van der Waals surface area contributed by atoms with E-state index < -0.39 is 0 Å². The maximum Gasteiger partial charge on any atom is 0.180 e. The SMILES string of the molecule is CCCN(CCC)CC(=O)c1coc2ccccc12. The van der Waals surface area contributed by atoms with Gasteiger partial charge in [0.25, 0.3) is 0 Å². The van der Waals surface area contributed by atoms with Gasteiger partial charge >= 0.3 is 0 Å². The fourth-order valence-corrected chi connectivity index (χ4v) is 2.38. The molecule has 0 radical (unpaired) electrons. The Hall–Kier alpha value is -1.61. The van der Waals surface area contributed by atoms with E-state index in [0.29, 0.717) is 12.1 Å². The lowest BCUT2D eigenvalue weighted by molar-refractivity contribution is 0.0931. The maximum absolute atomic E-state index is 12.4. The molecule has 2 rings (SSSR count). The fourth-order valence-electron chi connectivity index (χ4n) is 2.38. The van der Waals surface area contributed by atoms with E-state index in [0.717, 1.165) is 36.9 Å². The van der Waals surface area contributed by atoms with Crippen molar-refractivity contribution in [2.24, 2.45) is 0 Å². The predicted octanol–water partition coefficient (Wildman–Crippen LogP) is 3.74. The quantitative estimate of drug-likeness (QED) is 0.710. The molecule has 0 aliphatic rings. The van der Waals surface area contributed by atoms with Crippen LogP contribution in [0.1, 0.15) is 37.0 Å². The molecule has 102 valence electrons. The van der Waals surface area contributed by atoms with Crippen molar-refractivity contribution in [3.63, 3.8) is 0 Å². The molecule has 0 aliphatic carbocycles. The van der Waals surface area contributed by atoms with Crippen LogP contribution in [0.15, 0.2) is 34.9 Å². The molecule has 0 atom stereocenters. The Morgan fingerprint density at radius 3 is 2.53 bits per heavy atom. The van der Waals surface area contributed by atoms with Crippen LogP contribution in [0.2, 0.25) is 0 Å². The maximum atomic E-state index is 12.4. The highest BCUT2D eigenvalue weighted by atomic mass is 16.3. The molecule has 1 heterocycles. The summed E-state index contributed by atoms with van der Waals surface area (Å²) in [6.45, 7) is 6.69. The second kappa shape index (κ2) is 6.53. The highest BCUT2D eigenvalue weighted by molar-refractivity contribution is 6.08. The third-order valence-electron chi connectivity index (χ3n) is 3.23. The van der Waals surface area contributed by atoms with E-state index in [1.165, 1.54) is 0 Å². The van der Waals surface area contributed by atoms with Gasteiger partial charge in [-0.2, -0.15) is 0 Å². The van der Waals surface area contributed by atoms with Crippen LogP contribution < -0.4 is 0 Å². The number of ketones is 1. The minimum atomic E-state index is 0.145. The van der Waals surface area contributed by atoms with E-state index in [-0.39, 0.29) is 5.78 Å². The average molecular weight is 259 g/mol. The van der Waals surface area contributed by atoms with E-state index in [2.05, 4.69) is 18.7 Å². The molecule has 3 heteroatoms. The number of benzene rings is 1. The molecule has 0 N–H and O–H groups in total. The van der Waals surface area contributed by atoms with Crippen LogP contribution in [0.25, 0.3) is 11.0 Å². The van der Waals surface area contributed by atoms with Crippen LogP contribution in [-0.4, -0.2) is 30.3 Å². The van der Waals surface area contributed by atoms with Crippen molar-refractivity contribution in [2.75, 3.05) is 19.6 Å². The van der Waals surface area contributed by atoms with Crippen LogP contribution in [0.3, 0.4) is 0 Å². The lowest BCUT2D eigenvalue weighted by Crippen LogP contribution is -2.31. The molecule has 0 saturated carbocycles. The second-order valence-corrected chi connectivity index (χ2v) is 4.84. The Bertz CT molecular complexity index is 538. The van der Waals surface area contributed by atoms with Gasteiger partial charge in [0.15, 0.2) is 5.78 Å². The molecule has 2 aromatic rings. The van der Waals surface area contributed by atoms with Crippen molar-refractivity contribution in [1.82, 2.24) is 4.90 Å². The monoisotopic (exact) mass is 259 g/mol. The van der Waals surface area contributed by atoms with Crippen molar-refractivity contribution in [1.29, 1.82) is 0 Å². The topological polar surface area (TPSA) is 33.5 Å². The lowest BCUT2D eigenvalue weighted by Gasteiger charge is -2.19. The Morgan fingerprint density at radius 1 is 1.16 bits per heavy atom. The first-order chi connectivity index (χ1) is 9.26. The van der Waals surface area contributed by atoms with Gasteiger partial charge in [-0.15, -0.1) is 0 Å². The number of nitrogens with zero attached hydrogens (tertiary/aromatic N) is 1. The second-order valence-electron chi connectivity index (χ2n) is 4.84. The Kier molecular flexibility index (Phi) is 4.74. The van der Waals surface area contributed by atoms with Gasteiger partial charge in [-0.05, 0) is 32.0 Å². The smallest absolute Gasteiger partial charge is 0.180 e. The Labute approximate surface area is 114 Å². The third-order valence-corrected chi connectivity index (χ3v) is 3.23. The number of carbonyl (C=O) groups is 1. The number of hydrogen-bond donors (Lipinski definition) is 0. The summed E-state index contributed by atoms with van der Waals surface area (Å²) in [5.74, 6) is 0.145. The van der Waals surface area contributed by atoms with E-state index in [4.69, 9.17) is 4.42 Å². The Morgan fingerprint density at radius 2 is 1.84 bits per heavy atom. The number of furan rings is 1. The fraction of sp³-hybridized carbons (Fsp3) is 0.438. The van der Waals surface area contributed by atoms with Crippen molar-refractivity contribution in [3.05, 3.63) is 36.1 Å². The number of fused-ring (bicyclic) bond motifs is 1. The summed E-state index contributed by atoms with van der Waals surface area (Å²) in [4.78, 5) is 14.6. The normalized spacial score (nSPS) is 11.3. The van der Waals surface area contributed by atoms with Crippen LogP contribution in [-0.2, 0) is 0 Å². The number of hydrogen-bond acceptors (Lipinski definition) is 3. The van der Waals surface area contributed by atoms with Gasteiger partial charge in [0.2, 0.25) is 0 Å². The molecule has 0 bridgehead atoms. The van der Waals surface area contributed by atoms with Crippen molar-refractivity contribution >= 4 is 16.8 Å². The van der Waals surface area contributed by atoms with E-state index in [1.54, 1.807) is 6.26 Å². The van der Waals surface area contributed by atoms with Crippen LogP contribution in [0.5, 0.6) is 0 Å². The summed E-state index contributed by atoms with van der Waals surface area (Å²) < 4.78 is 5.43. The average Bonchev–Trinajstić information content (AvgIpc) is 2.83. The number of Topliss-reactive ketones (excluding diaryl/α,β-unsaturated/α-hetero) is 1. The largest absolute Gasteiger partial charge is 0.464 e. The van der Waals surface area contributed by atoms with Gasteiger partial charge in [-0.3, -0.25) is 9.69 Å². The number of carbonyl (C=O) groups excluding carboxylic acids is 1. The van der Waals surface area contributed by atoms with Crippen LogP contribution in [0, 0.1) is 0 Å². The van der Waals surface area contributed by atoms with Gasteiger partial charge in [-0.1, -0.05) is 32.0 Å². The molecule has 1 aromatic carbocycles. The molecule has 1 aromatic heterocycles. The molecule has 3 nitrogen and oxygen atoms in total. The van der Waals surface area contributed by atoms with E-state index in [1.807, 2.05) is 24.3 Å². The van der Waals surface area contributed by atoms with Crippen molar-refractivity contribution in [3.8, 4) is 0 Å². The van der Waals surface area contributed by atoms with E-state index in [9.17, 15) is 4.79 Å². The first kappa shape index (κ1) is 13.8. The Balaban J connectivity index is 2.14. The molecular formula is C16H21NO2. The zero-order valence-electron chi connectivity index (χ0n) is 11.7. The van der Waals surface area contributed by atoms with Crippen LogP contribution >= 0.6 is 0 Å². The molecule has 0 fully saturated rings. The zero-order chi connectivity index (χ0) is 13.7. The summed E-state index contributed by atoms with van der Waals surface area (Å²) in [5, 5.41) is 0.917. The first-order valence-corrected chi connectivity index (χ1v) is 6.98. The minimum absolute atomic E-state index is 0.145. The summed E-state index contributed by atoms with van der Waals surface area (Å²) in [5.41, 5.74) is 1.48. The standard InChI is InChI=1S/C16H21NO2/c1-3-9-17(10-4-2)11-15(18)14-12-19-16-8-6-5-7-13(14)16/h5-8,12H,3-4,9-11H2,1-2H3. The van der Waals surface area contributed by atoms with Crippen molar-refractivity contribution < 1.29 is 9.21 Å². The molecule has 0 aliphatic heterocycles. The van der Waals surface area contributed by atoms with Gasteiger partial charge in [0, 0.05) is 5.39 Å². The third kappa shape index (κ3) is 3.24. The molecule has 0 amide bonds. The molecule has 19 heavy (non-hydrogen) atoms. The van der Waals surface area contributed by atoms with Crippen LogP contribution in [0.4, 0.5) is 0 Å². The molecular weight excluding hydrogens is 238 g/mol. The number of para-hydroxylation sites is 1. The number of rotatable bonds is 7.